The number of hydrogen-bond donors (Lipinski definition) is 0. The van der Waals surface area contributed by atoms with E-state index in [1.165, 1.54) is 0 Å². The lowest BCUT2D eigenvalue weighted by Gasteiger charge is -2.08. The Balaban J connectivity index is 2.28. The van der Waals surface area contributed by atoms with Gasteiger partial charge in [0.05, 0.1) is 3.57 Å². The predicted molar refractivity (Wildman–Crippen MR) is 66.3 cm³/mol. The number of benzene rings is 1. The highest BCUT2D eigenvalue weighted by Gasteiger charge is 2.33. The summed E-state index contributed by atoms with van der Waals surface area (Å²) in [6.45, 7) is 0. The normalized spacial score (nSPS) is 11.3. The fourth-order valence-electron chi connectivity index (χ4n) is 1.17. The van der Waals surface area contributed by atoms with E-state index < -0.39 is 11.9 Å². The molecular formula is C11H6F3IN2O. The summed E-state index contributed by atoms with van der Waals surface area (Å²) in [6.07, 6.45) is -3.49. The van der Waals surface area contributed by atoms with E-state index in [2.05, 4.69) is 9.97 Å². The lowest BCUT2D eigenvalue weighted by atomic mass is 10.3. The molecule has 0 aliphatic carbocycles. The molecule has 0 saturated heterocycles. The van der Waals surface area contributed by atoms with E-state index in [0.717, 1.165) is 15.8 Å². The molecule has 2 aromatic rings. The van der Waals surface area contributed by atoms with Gasteiger partial charge in [-0.3, -0.25) is 0 Å². The number of halogens is 4. The van der Waals surface area contributed by atoms with E-state index in [4.69, 9.17) is 4.74 Å². The van der Waals surface area contributed by atoms with Crippen molar-refractivity contribution in [2.75, 3.05) is 0 Å². The maximum atomic E-state index is 12.4. The number of rotatable bonds is 2. The van der Waals surface area contributed by atoms with Gasteiger partial charge in [0.2, 0.25) is 0 Å². The van der Waals surface area contributed by atoms with Crippen LogP contribution < -0.4 is 4.74 Å². The van der Waals surface area contributed by atoms with Gasteiger partial charge >= 0.3 is 12.2 Å². The third-order valence-corrected chi connectivity index (χ3v) is 2.85. The van der Waals surface area contributed by atoms with Crippen LogP contribution in [0.25, 0.3) is 0 Å². The first-order valence-corrected chi connectivity index (χ1v) is 5.87. The van der Waals surface area contributed by atoms with Crippen LogP contribution in [-0.4, -0.2) is 9.97 Å². The van der Waals surface area contributed by atoms with Crippen LogP contribution in [0.2, 0.25) is 0 Å². The Labute approximate surface area is 114 Å². The van der Waals surface area contributed by atoms with Crippen LogP contribution in [0.5, 0.6) is 11.8 Å². The summed E-state index contributed by atoms with van der Waals surface area (Å²) in [5.74, 6) is 0.414. The molecule has 0 N–H and O–H groups in total. The van der Waals surface area contributed by atoms with Crippen molar-refractivity contribution in [1.29, 1.82) is 0 Å². The van der Waals surface area contributed by atoms with Crippen molar-refractivity contribution < 1.29 is 17.9 Å². The first kappa shape index (κ1) is 13.1. The van der Waals surface area contributed by atoms with Crippen molar-refractivity contribution in [3.05, 3.63) is 45.8 Å². The smallest absolute Gasteiger partial charge is 0.423 e. The average Bonchev–Trinajstić information content (AvgIpc) is 2.31. The number of para-hydroxylation sites is 1. The second kappa shape index (κ2) is 5.09. The van der Waals surface area contributed by atoms with Gasteiger partial charge in [0, 0.05) is 6.20 Å². The quantitative estimate of drug-likeness (QED) is 0.757. The van der Waals surface area contributed by atoms with Crippen LogP contribution in [0.4, 0.5) is 13.2 Å². The largest absolute Gasteiger partial charge is 0.433 e. The Morgan fingerprint density at radius 2 is 1.83 bits per heavy atom. The van der Waals surface area contributed by atoms with Gasteiger partial charge < -0.3 is 4.74 Å². The summed E-state index contributed by atoms with van der Waals surface area (Å²) in [6, 6.07) is 7.37. The van der Waals surface area contributed by atoms with Gasteiger partial charge in [-0.2, -0.15) is 18.2 Å². The van der Waals surface area contributed by atoms with Crippen molar-refractivity contribution in [1.82, 2.24) is 9.97 Å². The van der Waals surface area contributed by atoms with Crippen LogP contribution in [0.1, 0.15) is 5.69 Å². The van der Waals surface area contributed by atoms with E-state index in [1.54, 1.807) is 24.3 Å². The highest BCUT2D eigenvalue weighted by molar-refractivity contribution is 14.1. The van der Waals surface area contributed by atoms with Gasteiger partial charge in [-0.15, -0.1) is 0 Å². The third kappa shape index (κ3) is 3.09. The number of ether oxygens (including phenoxy) is 1. The molecule has 1 aromatic heterocycles. The molecule has 0 amide bonds. The van der Waals surface area contributed by atoms with Crippen LogP contribution in [0.3, 0.4) is 0 Å². The molecule has 0 bridgehead atoms. The zero-order valence-electron chi connectivity index (χ0n) is 8.78. The molecule has 94 valence electrons. The van der Waals surface area contributed by atoms with Gasteiger partial charge in [0.15, 0.2) is 5.69 Å². The Morgan fingerprint density at radius 1 is 1.11 bits per heavy atom. The maximum Gasteiger partial charge on any atom is 0.433 e. The van der Waals surface area contributed by atoms with Crippen LogP contribution in [0, 0.1) is 3.57 Å². The van der Waals surface area contributed by atoms with E-state index in [0.29, 0.717) is 5.75 Å². The standard InChI is InChI=1S/C11H6F3IN2O/c12-11(13,14)9-5-6-16-10(17-9)18-8-4-2-1-3-7(8)15/h1-6H. The van der Waals surface area contributed by atoms with Crippen molar-refractivity contribution in [2.45, 2.75) is 6.18 Å². The highest BCUT2D eigenvalue weighted by Crippen LogP contribution is 2.29. The van der Waals surface area contributed by atoms with Gasteiger partial charge in [0.25, 0.3) is 0 Å². The van der Waals surface area contributed by atoms with E-state index >= 15 is 0 Å². The summed E-state index contributed by atoms with van der Waals surface area (Å²) in [5.41, 5.74) is -1.03. The Bertz CT molecular complexity index is 560. The molecule has 18 heavy (non-hydrogen) atoms. The molecular weight excluding hydrogens is 360 g/mol. The highest BCUT2D eigenvalue weighted by atomic mass is 127. The molecule has 0 saturated carbocycles. The minimum Gasteiger partial charge on any atom is -0.423 e. The molecule has 0 aliphatic rings. The lowest BCUT2D eigenvalue weighted by Crippen LogP contribution is -2.09. The second-order valence-corrected chi connectivity index (χ2v) is 4.42. The molecule has 3 nitrogen and oxygen atoms in total. The topological polar surface area (TPSA) is 35.0 Å². The number of aromatic nitrogens is 2. The van der Waals surface area contributed by atoms with Gasteiger partial charge in [-0.1, -0.05) is 12.1 Å². The molecule has 0 aliphatic heterocycles. The van der Waals surface area contributed by atoms with E-state index in [-0.39, 0.29) is 6.01 Å². The summed E-state index contributed by atoms with van der Waals surface area (Å²) in [7, 11) is 0. The molecule has 0 fully saturated rings. The summed E-state index contributed by atoms with van der Waals surface area (Å²) in [4.78, 5) is 6.97. The number of alkyl halides is 3. The maximum absolute atomic E-state index is 12.4. The summed E-state index contributed by atoms with van der Waals surface area (Å²) in [5, 5.41) is 0. The third-order valence-electron chi connectivity index (χ3n) is 1.96. The molecule has 2 rings (SSSR count). The molecule has 0 unspecified atom stereocenters. The van der Waals surface area contributed by atoms with Crippen molar-refractivity contribution >= 4 is 22.6 Å². The molecule has 1 aromatic carbocycles. The Morgan fingerprint density at radius 3 is 2.50 bits per heavy atom. The first-order valence-electron chi connectivity index (χ1n) is 4.79. The van der Waals surface area contributed by atoms with Crippen molar-refractivity contribution in [3.8, 4) is 11.8 Å². The summed E-state index contributed by atoms with van der Waals surface area (Å²) < 4.78 is 43.3. The fourth-order valence-corrected chi connectivity index (χ4v) is 1.67. The fraction of sp³-hybridized carbons (Fsp3) is 0.0909. The molecule has 0 spiro atoms. The minimum atomic E-state index is -4.51. The van der Waals surface area contributed by atoms with Crippen LogP contribution >= 0.6 is 22.6 Å². The van der Waals surface area contributed by atoms with Gasteiger partial charge in [0.1, 0.15) is 5.75 Å². The van der Waals surface area contributed by atoms with Crippen molar-refractivity contribution in [2.24, 2.45) is 0 Å². The molecule has 0 atom stereocenters. The molecule has 1 heterocycles. The summed E-state index contributed by atoms with van der Waals surface area (Å²) >= 11 is 2.01. The zero-order chi connectivity index (χ0) is 13.2. The average molecular weight is 366 g/mol. The monoisotopic (exact) mass is 366 g/mol. The SMILES string of the molecule is FC(F)(F)c1ccnc(Oc2ccccc2I)n1. The lowest BCUT2D eigenvalue weighted by molar-refractivity contribution is -0.141. The molecule has 7 heteroatoms. The van der Waals surface area contributed by atoms with E-state index in [1.807, 2.05) is 22.6 Å². The number of nitrogens with zero attached hydrogens (tertiary/aromatic N) is 2. The predicted octanol–water partition coefficient (Wildman–Crippen LogP) is 3.89. The molecule has 0 radical (unpaired) electrons. The zero-order valence-corrected chi connectivity index (χ0v) is 10.9. The Kier molecular flexibility index (Phi) is 3.69. The van der Waals surface area contributed by atoms with E-state index in [9.17, 15) is 13.2 Å². The van der Waals surface area contributed by atoms with Crippen LogP contribution in [-0.2, 0) is 6.18 Å². The first-order chi connectivity index (χ1) is 8.47. The van der Waals surface area contributed by atoms with Gasteiger partial charge in [-0.25, -0.2) is 4.98 Å². The van der Waals surface area contributed by atoms with Crippen LogP contribution in [0.15, 0.2) is 36.5 Å². The van der Waals surface area contributed by atoms with Crippen molar-refractivity contribution in [3.63, 3.8) is 0 Å². The van der Waals surface area contributed by atoms with Gasteiger partial charge in [-0.05, 0) is 40.8 Å². The Hall–Kier alpha value is -1.38. The minimum absolute atomic E-state index is 0.325. The number of hydrogen-bond acceptors (Lipinski definition) is 3. The second-order valence-electron chi connectivity index (χ2n) is 3.25.